The van der Waals surface area contributed by atoms with Gasteiger partial charge in [0.15, 0.2) is 5.82 Å². The molecule has 0 amide bonds. The SMILES string of the molecule is COCc1nc2n(n1)CCC[C@@H]2NS(=O)(=O)c1cccc(Cl)c1Cl. The molecular weight excluding hydrogens is 375 g/mol. The molecule has 1 aliphatic rings. The van der Waals surface area contributed by atoms with Gasteiger partial charge in [-0.3, -0.25) is 0 Å². The number of rotatable bonds is 5. The molecule has 0 aliphatic carbocycles. The first-order valence-corrected chi connectivity index (χ1v) is 9.55. The van der Waals surface area contributed by atoms with E-state index in [9.17, 15) is 8.42 Å². The Morgan fingerprint density at radius 3 is 2.96 bits per heavy atom. The van der Waals surface area contributed by atoms with Crippen molar-refractivity contribution in [3.63, 3.8) is 0 Å². The minimum atomic E-state index is -3.84. The van der Waals surface area contributed by atoms with Gasteiger partial charge in [0.2, 0.25) is 10.0 Å². The van der Waals surface area contributed by atoms with Gasteiger partial charge in [0, 0.05) is 13.7 Å². The van der Waals surface area contributed by atoms with Crippen molar-refractivity contribution < 1.29 is 13.2 Å². The van der Waals surface area contributed by atoms with Crippen LogP contribution in [0.2, 0.25) is 10.0 Å². The molecule has 2 heterocycles. The molecule has 1 aromatic heterocycles. The highest BCUT2D eigenvalue weighted by Crippen LogP contribution is 2.31. The summed E-state index contributed by atoms with van der Waals surface area (Å²) in [7, 11) is -2.28. The van der Waals surface area contributed by atoms with Crippen LogP contribution in [0, 0.1) is 0 Å². The summed E-state index contributed by atoms with van der Waals surface area (Å²) < 4.78 is 34.8. The van der Waals surface area contributed by atoms with E-state index < -0.39 is 16.1 Å². The number of methoxy groups -OCH3 is 1. The third-order valence-electron chi connectivity index (χ3n) is 3.70. The molecule has 0 fully saturated rings. The zero-order valence-corrected chi connectivity index (χ0v) is 15.2. The van der Waals surface area contributed by atoms with Crippen molar-refractivity contribution in [2.45, 2.75) is 36.9 Å². The van der Waals surface area contributed by atoms with Crippen molar-refractivity contribution in [3.8, 4) is 0 Å². The van der Waals surface area contributed by atoms with Gasteiger partial charge in [-0.2, -0.15) is 5.10 Å². The Morgan fingerprint density at radius 2 is 2.21 bits per heavy atom. The van der Waals surface area contributed by atoms with Crippen LogP contribution in [0.15, 0.2) is 23.1 Å². The number of halogens is 2. The fourth-order valence-electron chi connectivity index (χ4n) is 2.64. The Hall–Kier alpha value is -1.19. The fourth-order valence-corrected chi connectivity index (χ4v) is 4.63. The maximum absolute atomic E-state index is 12.7. The zero-order valence-electron chi connectivity index (χ0n) is 12.9. The highest BCUT2D eigenvalue weighted by Gasteiger charge is 2.30. The van der Waals surface area contributed by atoms with Crippen molar-refractivity contribution in [3.05, 3.63) is 39.9 Å². The fraction of sp³-hybridized carbons (Fsp3) is 0.429. The Morgan fingerprint density at radius 1 is 1.42 bits per heavy atom. The van der Waals surface area contributed by atoms with E-state index in [0.717, 1.165) is 6.42 Å². The molecule has 1 atom stereocenters. The van der Waals surface area contributed by atoms with E-state index in [1.54, 1.807) is 17.9 Å². The van der Waals surface area contributed by atoms with Gasteiger partial charge in [0.05, 0.1) is 16.1 Å². The topological polar surface area (TPSA) is 86.1 Å². The van der Waals surface area contributed by atoms with Crippen molar-refractivity contribution in [2.24, 2.45) is 0 Å². The number of benzene rings is 1. The summed E-state index contributed by atoms with van der Waals surface area (Å²) in [6, 6.07) is 4.03. The molecule has 0 radical (unpaired) electrons. The second-order valence-electron chi connectivity index (χ2n) is 5.41. The van der Waals surface area contributed by atoms with Crippen LogP contribution in [-0.4, -0.2) is 30.3 Å². The first kappa shape index (κ1) is 17.6. The summed E-state index contributed by atoms with van der Waals surface area (Å²) in [5.74, 6) is 1.11. The Bertz CT molecular complexity index is 854. The van der Waals surface area contributed by atoms with Crippen LogP contribution in [0.5, 0.6) is 0 Å². The van der Waals surface area contributed by atoms with Gasteiger partial charge in [-0.25, -0.2) is 22.8 Å². The minimum Gasteiger partial charge on any atom is -0.377 e. The van der Waals surface area contributed by atoms with Gasteiger partial charge in [0.25, 0.3) is 0 Å². The second-order valence-corrected chi connectivity index (χ2v) is 7.88. The number of hydrogen-bond acceptors (Lipinski definition) is 5. The molecule has 1 aliphatic heterocycles. The molecule has 130 valence electrons. The van der Waals surface area contributed by atoms with Crippen molar-refractivity contribution in [2.75, 3.05) is 7.11 Å². The molecule has 0 unspecified atom stereocenters. The molecule has 3 rings (SSSR count). The van der Waals surface area contributed by atoms with Gasteiger partial charge >= 0.3 is 0 Å². The number of fused-ring (bicyclic) bond motifs is 1. The summed E-state index contributed by atoms with van der Waals surface area (Å²) in [4.78, 5) is 4.33. The normalized spacial score (nSPS) is 17.7. The quantitative estimate of drug-likeness (QED) is 0.847. The first-order valence-electron chi connectivity index (χ1n) is 7.31. The average Bonchev–Trinajstić information content (AvgIpc) is 2.93. The average molecular weight is 391 g/mol. The summed E-state index contributed by atoms with van der Waals surface area (Å²) in [6.45, 7) is 0.974. The van der Waals surface area contributed by atoms with Gasteiger partial charge in [-0.15, -0.1) is 0 Å². The lowest BCUT2D eigenvalue weighted by Gasteiger charge is -2.23. The van der Waals surface area contributed by atoms with Gasteiger partial charge in [-0.05, 0) is 25.0 Å². The Balaban J connectivity index is 1.90. The van der Waals surface area contributed by atoms with E-state index in [4.69, 9.17) is 27.9 Å². The highest BCUT2D eigenvalue weighted by atomic mass is 35.5. The standard InChI is InChI=1S/C14H16Cl2N4O3S/c1-23-8-12-17-14-10(5-3-7-20(14)18-12)19-24(21,22)11-6-2-4-9(15)13(11)16/h2,4,6,10,19H,3,5,7-8H2,1H3/t10-/m0/s1. The molecule has 2 aromatic rings. The van der Waals surface area contributed by atoms with Crippen LogP contribution in [0.4, 0.5) is 0 Å². The third kappa shape index (κ3) is 3.43. The number of aromatic nitrogens is 3. The summed E-state index contributed by atoms with van der Waals surface area (Å²) >= 11 is 12.0. The van der Waals surface area contributed by atoms with Crippen LogP contribution >= 0.6 is 23.2 Å². The summed E-state index contributed by atoms with van der Waals surface area (Å²) in [5.41, 5.74) is 0. The second kappa shape index (κ2) is 6.97. The van der Waals surface area contributed by atoms with Crippen molar-refractivity contribution in [1.29, 1.82) is 0 Å². The maximum Gasteiger partial charge on any atom is 0.242 e. The molecule has 24 heavy (non-hydrogen) atoms. The van der Waals surface area contributed by atoms with Crippen molar-refractivity contribution in [1.82, 2.24) is 19.5 Å². The number of aryl methyl sites for hydroxylation is 1. The number of sulfonamides is 1. The van der Waals surface area contributed by atoms with E-state index in [2.05, 4.69) is 14.8 Å². The maximum atomic E-state index is 12.7. The van der Waals surface area contributed by atoms with Gasteiger partial charge in [-0.1, -0.05) is 29.3 Å². The Labute approximate surface area is 150 Å². The number of ether oxygens (including phenoxy) is 1. The van der Waals surface area contributed by atoms with E-state index in [1.165, 1.54) is 12.1 Å². The van der Waals surface area contributed by atoms with E-state index in [0.29, 0.717) is 24.6 Å². The molecule has 1 aromatic carbocycles. The Kier molecular flexibility index (Phi) is 5.12. The summed E-state index contributed by atoms with van der Waals surface area (Å²) in [6.07, 6.45) is 1.42. The molecule has 0 saturated carbocycles. The van der Waals surface area contributed by atoms with Crippen LogP contribution in [0.25, 0.3) is 0 Å². The predicted molar refractivity (Wildman–Crippen MR) is 89.5 cm³/mol. The van der Waals surface area contributed by atoms with Crippen LogP contribution in [0.1, 0.15) is 30.5 Å². The van der Waals surface area contributed by atoms with Crippen molar-refractivity contribution >= 4 is 33.2 Å². The highest BCUT2D eigenvalue weighted by molar-refractivity contribution is 7.89. The zero-order chi connectivity index (χ0) is 17.3. The molecule has 0 spiro atoms. The molecule has 0 saturated heterocycles. The third-order valence-corrected chi connectivity index (χ3v) is 6.14. The van der Waals surface area contributed by atoms with E-state index >= 15 is 0 Å². The molecule has 0 bridgehead atoms. The van der Waals surface area contributed by atoms with E-state index in [1.807, 2.05) is 0 Å². The number of nitrogens with one attached hydrogen (secondary N) is 1. The molecule has 7 nitrogen and oxygen atoms in total. The monoisotopic (exact) mass is 390 g/mol. The van der Waals surface area contributed by atoms with Gasteiger partial charge < -0.3 is 4.74 Å². The number of nitrogens with zero attached hydrogens (tertiary/aromatic N) is 3. The van der Waals surface area contributed by atoms with Crippen LogP contribution in [-0.2, 0) is 27.9 Å². The minimum absolute atomic E-state index is 0.00372. The predicted octanol–water partition coefficient (Wildman–Crippen LogP) is 2.54. The van der Waals surface area contributed by atoms with Crippen LogP contribution < -0.4 is 4.72 Å². The number of hydrogen-bond donors (Lipinski definition) is 1. The summed E-state index contributed by atoms with van der Waals surface area (Å²) in [5, 5.41) is 4.52. The smallest absolute Gasteiger partial charge is 0.242 e. The molecule has 10 heteroatoms. The lowest BCUT2D eigenvalue weighted by molar-refractivity contribution is 0.177. The van der Waals surface area contributed by atoms with Crippen LogP contribution in [0.3, 0.4) is 0 Å². The lowest BCUT2D eigenvalue weighted by atomic mass is 10.1. The lowest BCUT2D eigenvalue weighted by Crippen LogP contribution is -2.33. The first-order chi connectivity index (χ1) is 11.4. The molecule has 1 N–H and O–H groups in total. The largest absolute Gasteiger partial charge is 0.377 e. The molecular formula is C14H16Cl2N4O3S. The van der Waals surface area contributed by atoms with Gasteiger partial charge in [0.1, 0.15) is 17.3 Å². The van der Waals surface area contributed by atoms with E-state index in [-0.39, 0.29) is 21.5 Å².